The predicted octanol–water partition coefficient (Wildman–Crippen LogP) is 4.10. The van der Waals surface area contributed by atoms with Gasteiger partial charge in [0.2, 0.25) is 0 Å². The minimum atomic E-state index is -0.357. The van der Waals surface area contributed by atoms with Crippen molar-refractivity contribution in [3.63, 3.8) is 0 Å². The predicted molar refractivity (Wildman–Crippen MR) is 105 cm³/mol. The lowest BCUT2D eigenvalue weighted by Crippen LogP contribution is -2.29. The molecule has 138 valence electrons. The van der Waals surface area contributed by atoms with Crippen LogP contribution in [0.5, 0.6) is 5.75 Å². The minimum absolute atomic E-state index is 0.168. The van der Waals surface area contributed by atoms with Crippen LogP contribution < -0.4 is 15.0 Å². The van der Waals surface area contributed by atoms with Crippen molar-refractivity contribution in [1.82, 2.24) is 0 Å². The summed E-state index contributed by atoms with van der Waals surface area (Å²) in [6.45, 7) is 1.46. The number of anilines is 2. The fourth-order valence-electron chi connectivity index (χ4n) is 4.02. The maximum atomic E-state index is 12.6. The van der Waals surface area contributed by atoms with Crippen LogP contribution in [0.4, 0.5) is 11.4 Å². The van der Waals surface area contributed by atoms with Crippen LogP contribution in [0.25, 0.3) is 0 Å². The molecule has 1 fully saturated rings. The Morgan fingerprint density at radius 3 is 2.63 bits per heavy atom. The van der Waals surface area contributed by atoms with Crippen LogP contribution in [0.2, 0.25) is 0 Å². The minimum Gasteiger partial charge on any atom is -0.490 e. The lowest BCUT2D eigenvalue weighted by Gasteiger charge is -2.27. The zero-order valence-corrected chi connectivity index (χ0v) is 15.5. The maximum absolute atomic E-state index is 12.6. The molecular formula is C22H23N3O2. The molecule has 1 aliphatic heterocycles. The highest BCUT2D eigenvalue weighted by molar-refractivity contribution is 6.04. The van der Waals surface area contributed by atoms with Gasteiger partial charge in [0.05, 0.1) is 23.7 Å². The Morgan fingerprint density at radius 1 is 1.19 bits per heavy atom. The Hall–Kier alpha value is -3.00. The van der Waals surface area contributed by atoms with Gasteiger partial charge < -0.3 is 15.0 Å². The summed E-state index contributed by atoms with van der Waals surface area (Å²) >= 11 is 0. The molecule has 0 bridgehead atoms. The van der Waals surface area contributed by atoms with E-state index >= 15 is 0 Å². The molecule has 1 aliphatic carbocycles. The molecule has 0 saturated heterocycles. The van der Waals surface area contributed by atoms with E-state index < -0.39 is 0 Å². The summed E-state index contributed by atoms with van der Waals surface area (Å²) in [6.07, 6.45) is 4.03. The van der Waals surface area contributed by atoms with Crippen molar-refractivity contribution in [3.8, 4) is 11.8 Å². The van der Waals surface area contributed by atoms with Crippen molar-refractivity contribution < 1.29 is 9.53 Å². The molecule has 0 radical (unpaired) electrons. The van der Waals surface area contributed by atoms with E-state index in [0.29, 0.717) is 12.2 Å². The normalized spacial score (nSPS) is 17.6. The van der Waals surface area contributed by atoms with Gasteiger partial charge >= 0.3 is 0 Å². The lowest BCUT2D eigenvalue weighted by molar-refractivity contribution is 0.102. The second kappa shape index (κ2) is 6.96. The van der Waals surface area contributed by atoms with Crippen LogP contribution in [-0.2, 0) is 5.41 Å². The van der Waals surface area contributed by atoms with E-state index in [9.17, 15) is 10.1 Å². The molecule has 2 aromatic rings. The highest BCUT2D eigenvalue weighted by Gasteiger charge is 2.35. The van der Waals surface area contributed by atoms with Crippen molar-refractivity contribution in [2.24, 2.45) is 0 Å². The van der Waals surface area contributed by atoms with Crippen molar-refractivity contribution in [2.45, 2.75) is 31.1 Å². The van der Waals surface area contributed by atoms with E-state index in [2.05, 4.69) is 16.3 Å². The van der Waals surface area contributed by atoms with Crippen molar-refractivity contribution in [2.75, 3.05) is 30.4 Å². The van der Waals surface area contributed by atoms with Crippen LogP contribution >= 0.6 is 0 Å². The fraction of sp³-hybridized carbons (Fsp3) is 0.364. The average molecular weight is 361 g/mol. The molecule has 1 saturated carbocycles. The first-order valence-corrected chi connectivity index (χ1v) is 9.42. The largest absolute Gasteiger partial charge is 0.490 e. The zero-order valence-electron chi connectivity index (χ0n) is 15.5. The lowest BCUT2D eigenvalue weighted by atomic mass is 9.80. The topological polar surface area (TPSA) is 65.4 Å². The van der Waals surface area contributed by atoms with Gasteiger partial charge in [-0.3, -0.25) is 4.79 Å². The number of hydrogen-bond acceptors (Lipinski definition) is 4. The van der Waals surface area contributed by atoms with Crippen LogP contribution in [0.3, 0.4) is 0 Å². The Labute approximate surface area is 159 Å². The zero-order chi connectivity index (χ0) is 18.9. The molecule has 5 nitrogen and oxygen atoms in total. The molecule has 1 heterocycles. The van der Waals surface area contributed by atoms with E-state index in [1.165, 1.54) is 0 Å². The van der Waals surface area contributed by atoms with Gasteiger partial charge in [0, 0.05) is 18.3 Å². The quantitative estimate of drug-likeness (QED) is 0.894. The summed E-state index contributed by atoms with van der Waals surface area (Å²) < 4.78 is 5.68. The Morgan fingerprint density at radius 2 is 1.93 bits per heavy atom. The molecule has 2 aromatic carbocycles. The SMILES string of the molecule is CN1CCOc2cc(C(=O)Nc3ccc(C4(C#N)CCCC4)cc3)ccc21. The molecule has 1 N–H and O–H groups in total. The van der Waals surface area contributed by atoms with Crippen molar-refractivity contribution >= 4 is 17.3 Å². The van der Waals surface area contributed by atoms with Gasteiger partial charge in [-0.05, 0) is 48.7 Å². The first-order valence-electron chi connectivity index (χ1n) is 9.42. The summed E-state index contributed by atoms with van der Waals surface area (Å²) in [5, 5.41) is 12.5. The second-order valence-corrected chi connectivity index (χ2v) is 7.39. The Balaban J connectivity index is 1.49. The molecule has 0 aromatic heterocycles. The van der Waals surface area contributed by atoms with Crippen LogP contribution in [0.1, 0.15) is 41.6 Å². The number of rotatable bonds is 3. The van der Waals surface area contributed by atoms with Gasteiger partial charge in [-0.1, -0.05) is 25.0 Å². The van der Waals surface area contributed by atoms with E-state index in [0.717, 1.165) is 54.9 Å². The smallest absolute Gasteiger partial charge is 0.255 e. The number of nitrogens with zero attached hydrogens (tertiary/aromatic N) is 2. The third-order valence-electron chi connectivity index (χ3n) is 5.68. The van der Waals surface area contributed by atoms with E-state index in [-0.39, 0.29) is 11.3 Å². The van der Waals surface area contributed by atoms with E-state index in [1.54, 1.807) is 6.07 Å². The van der Waals surface area contributed by atoms with E-state index in [1.807, 2.05) is 43.4 Å². The number of carbonyl (C=O) groups is 1. The number of nitrogens with one attached hydrogen (secondary N) is 1. The molecule has 0 spiro atoms. The van der Waals surface area contributed by atoms with E-state index in [4.69, 9.17) is 4.74 Å². The van der Waals surface area contributed by atoms with Gasteiger partial charge in [-0.15, -0.1) is 0 Å². The number of fused-ring (bicyclic) bond motifs is 1. The third-order valence-corrected chi connectivity index (χ3v) is 5.68. The molecule has 27 heavy (non-hydrogen) atoms. The van der Waals surface area contributed by atoms with Crippen LogP contribution in [-0.4, -0.2) is 26.1 Å². The Kier molecular flexibility index (Phi) is 4.49. The monoisotopic (exact) mass is 361 g/mol. The molecule has 0 atom stereocenters. The first kappa shape index (κ1) is 17.4. The number of ether oxygens (including phenoxy) is 1. The highest BCUT2D eigenvalue weighted by atomic mass is 16.5. The molecule has 5 heteroatoms. The molecule has 0 unspecified atom stereocenters. The third kappa shape index (κ3) is 3.23. The summed E-state index contributed by atoms with van der Waals surface area (Å²) in [5.41, 5.74) is 2.99. The number of benzene rings is 2. The van der Waals surface area contributed by atoms with Crippen LogP contribution in [0.15, 0.2) is 42.5 Å². The van der Waals surface area contributed by atoms with Gasteiger partial charge in [0.15, 0.2) is 0 Å². The molecule has 2 aliphatic rings. The maximum Gasteiger partial charge on any atom is 0.255 e. The number of amides is 1. The standard InChI is InChI=1S/C22H23N3O2/c1-25-12-13-27-20-14-16(4-9-19(20)25)21(26)24-18-7-5-17(6-8-18)22(15-23)10-2-3-11-22/h4-9,14H,2-3,10-13H2,1H3,(H,24,26). The van der Waals surface area contributed by atoms with Crippen molar-refractivity contribution in [3.05, 3.63) is 53.6 Å². The summed E-state index contributed by atoms with van der Waals surface area (Å²) in [7, 11) is 2.01. The molecule has 1 amide bonds. The van der Waals surface area contributed by atoms with Crippen molar-refractivity contribution in [1.29, 1.82) is 5.26 Å². The first-order chi connectivity index (χ1) is 13.1. The number of hydrogen-bond donors (Lipinski definition) is 1. The highest BCUT2D eigenvalue weighted by Crippen LogP contribution is 2.40. The second-order valence-electron chi connectivity index (χ2n) is 7.39. The van der Waals surface area contributed by atoms with Gasteiger partial charge in [0.1, 0.15) is 12.4 Å². The van der Waals surface area contributed by atoms with Crippen LogP contribution in [0, 0.1) is 11.3 Å². The molecular weight excluding hydrogens is 338 g/mol. The van der Waals surface area contributed by atoms with Gasteiger partial charge in [0.25, 0.3) is 5.91 Å². The van der Waals surface area contributed by atoms with Gasteiger partial charge in [-0.25, -0.2) is 0 Å². The number of carbonyl (C=O) groups excluding carboxylic acids is 1. The summed E-state index contributed by atoms with van der Waals surface area (Å²) in [6, 6.07) is 15.7. The number of likely N-dealkylation sites (N-methyl/N-ethyl adjacent to an activating group) is 1. The van der Waals surface area contributed by atoms with Gasteiger partial charge in [-0.2, -0.15) is 5.26 Å². The Bertz CT molecular complexity index is 893. The average Bonchev–Trinajstić information content (AvgIpc) is 3.19. The summed E-state index contributed by atoms with van der Waals surface area (Å²) in [4.78, 5) is 14.7. The fourth-order valence-corrected chi connectivity index (χ4v) is 4.02. The molecule has 4 rings (SSSR count). The number of nitriles is 1. The summed E-state index contributed by atoms with van der Waals surface area (Å²) in [5.74, 6) is 0.571.